The maximum absolute atomic E-state index is 5.81. The van der Waals surface area contributed by atoms with Crippen LogP contribution in [0.1, 0.15) is 34.1 Å². The summed E-state index contributed by atoms with van der Waals surface area (Å²) in [5.74, 6) is 0.992. The molecule has 2 heterocycles. The van der Waals surface area contributed by atoms with Crippen LogP contribution in [0.15, 0.2) is 48.8 Å². The van der Waals surface area contributed by atoms with Crippen molar-refractivity contribution >= 4 is 0 Å². The zero-order valence-corrected chi connectivity index (χ0v) is 15.1. The van der Waals surface area contributed by atoms with Crippen molar-refractivity contribution in [2.45, 2.75) is 39.8 Å². The second-order valence-electron chi connectivity index (χ2n) is 6.99. The standard InChI is InChI=1S/C21H24N3O/c1-15-9-16(2)21(17(3)10-15)24-14-23-19(12-25-13-20(23)22-24)11-18-7-5-4-6-8-18/h4-10,14,19H,11-13H2,1-3H3/q+1. The number of rotatable bonds is 3. The third-order valence-corrected chi connectivity index (χ3v) is 4.87. The molecule has 0 N–H and O–H groups in total. The smallest absolute Gasteiger partial charge is 0.304 e. The van der Waals surface area contributed by atoms with Crippen LogP contribution in [0.25, 0.3) is 5.69 Å². The lowest BCUT2D eigenvalue weighted by molar-refractivity contribution is -0.742. The Morgan fingerprint density at radius 1 is 1.12 bits per heavy atom. The highest BCUT2D eigenvalue weighted by atomic mass is 16.5. The maximum atomic E-state index is 5.81. The second kappa shape index (κ2) is 6.45. The van der Waals surface area contributed by atoms with E-state index in [0.29, 0.717) is 6.61 Å². The van der Waals surface area contributed by atoms with Gasteiger partial charge in [-0.3, -0.25) is 0 Å². The highest BCUT2D eigenvalue weighted by Gasteiger charge is 2.30. The minimum Gasteiger partial charge on any atom is -0.367 e. The molecule has 0 saturated carbocycles. The number of nitrogens with zero attached hydrogens (tertiary/aromatic N) is 3. The topological polar surface area (TPSA) is 30.9 Å². The van der Waals surface area contributed by atoms with E-state index < -0.39 is 0 Å². The molecule has 0 amide bonds. The van der Waals surface area contributed by atoms with E-state index in [9.17, 15) is 0 Å². The summed E-state index contributed by atoms with van der Waals surface area (Å²) in [5.41, 5.74) is 6.28. The van der Waals surface area contributed by atoms with E-state index in [2.05, 4.69) is 74.1 Å². The molecule has 4 nitrogen and oxygen atoms in total. The molecular formula is C21H24N3O+. The van der Waals surface area contributed by atoms with Crippen LogP contribution in [-0.2, 0) is 17.8 Å². The van der Waals surface area contributed by atoms with Gasteiger partial charge in [0.05, 0.1) is 6.61 Å². The van der Waals surface area contributed by atoms with Crippen LogP contribution < -0.4 is 4.57 Å². The fourth-order valence-corrected chi connectivity index (χ4v) is 3.85. The molecule has 1 unspecified atom stereocenters. The molecule has 128 valence electrons. The average Bonchev–Trinajstić information content (AvgIpc) is 2.99. The van der Waals surface area contributed by atoms with Gasteiger partial charge in [0.1, 0.15) is 18.3 Å². The molecule has 25 heavy (non-hydrogen) atoms. The van der Waals surface area contributed by atoms with E-state index >= 15 is 0 Å². The van der Waals surface area contributed by atoms with Crippen LogP contribution in [0, 0.1) is 20.8 Å². The molecule has 1 aliphatic heterocycles. The molecule has 0 spiro atoms. The number of benzene rings is 2. The molecule has 0 radical (unpaired) electrons. The SMILES string of the molecule is Cc1cc(C)c(-n2c[n+]3c(n2)COCC3Cc2ccccc2)c(C)c1. The Kier molecular flexibility index (Phi) is 4.14. The maximum Gasteiger partial charge on any atom is 0.304 e. The Hall–Kier alpha value is -2.46. The Bertz CT molecular complexity index is 876. The summed E-state index contributed by atoms with van der Waals surface area (Å²) in [7, 11) is 0. The summed E-state index contributed by atoms with van der Waals surface area (Å²) in [4.78, 5) is 0. The molecule has 0 bridgehead atoms. The Morgan fingerprint density at radius 2 is 1.84 bits per heavy atom. The molecule has 0 aliphatic carbocycles. The number of ether oxygens (including phenoxy) is 1. The van der Waals surface area contributed by atoms with Gasteiger partial charge >= 0.3 is 5.82 Å². The Morgan fingerprint density at radius 3 is 2.56 bits per heavy atom. The number of hydrogen-bond donors (Lipinski definition) is 0. The van der Waals surface area contributed by atoms with Gasteiger partial charge < -0.3 is 4.74 Å². The molecule has 1 aliphatic rings. The van der Waals surface area contributed by atoms with Crippen LogP contribution in [0.4, 0.5) is 0 Å². The molecule has 1 atom stereocenters. The largest absolute Gasteiger partial charge is 0.367 e. The van der Waals surface area contributed by atoms with Crippen LogP contribution in [0.2, 0.25) is 0 Å². The molecule has 2 aromatic carbocycles. The predicted molar refractivity (Wildman–Crippen MR) is 96.8 cm³/mol. The summed E-state index contributed by atoms with van der Waals surface area (Å²) in [5, 5.41) is 4.82. The van der Waals surface area contributed by atoms with E-state index in [-0.39, 0.29) is 6.04 Å². The molecule has 4 heteroatoms. The van der Waals surface area contributed by atoms with Crippen molar-refractivity contribution in [3.63, 3.8) is 0 Å². The van der Waals surface area contributed by atoms with Gasteiger partial charge in [-0.1, -0.05) is 52.7 Å². The average molecular weight is 334 g/mol. The molecule has 4 rings (SSSR count). The highest BCUT2D eigenvalue weighted by molar-refractivity contribution is 5.48. The van der Waals surface area contributed by atoms with E-state index in [1.165, 1.54) is 27.9 Å². The van der Waals surface area contributed by atoms with Gasteiger partial charge in [-0.15, -0.1) is 0 Å². The van der Waals surface area contributed by atoms with Gasteiger partial charge in [0.25, 0.3) is 0 Å². The Labute approximate surface area is 148 Å². The van der Waals surface area contributed by atoms with Crippen molar-refractivity contribution < 1.29 is 9.30 Å². The lowest BCUT2D eigenvalue weighted by Crippen LogP contribution is -2.48. The van der Waals surface area contributed by atoms with E-state index in [4.69, 9.17) is 9.84 Å². The zero-order valence-electron chi connectivity index (χ0n) is 15.1. The fourth-order valence-electron chi connectivity index (χ4n) is 3.85. The highest BCUT2D eigenvalue weighted by Crippen LogP contribution is 2.21. The molecular weight excluding hydrogens is 310 g/mol. The molecule has 3 aromatic rings. The van der Waals surface area contributed by atoms with Gasteiger partial charge in [0, 0.05) is 11.5 Å². The first-order chi connectivity index (χ1) is 12.1. The van der Waals surface area contributed by atoms with Crippen LogP contribution in [0.3, 0.4) is 0 Å². The summed E-state index contributed by atoms with van der Waals surface area (Å²) in [6.45, 7) is 7.74. The first-order valence-electron chi connectivity index (χ1n) is 8.81. The molecule has 1 aromatic heterocycles. The minimum absolute atomic E-state index is 0.283. The third-order valence-electron chi connectivity index (χ3n) is 4.87. The quantitative estimate of drug-likeness (QED) is 0.688. The van der Waals surface area contributed by atoms with Crippen molar-refractivity contribution in [2.75, 3.05) is 6.61 Å². The van der Waals surface area contributed by atoms with Crippen molar-refractivity contribution in [1.29, 1.82) is 0 Å². The first-order valence-corrected chi connectivity index (χ1v) is 8.81. The summed E-state index contributed by atoms with van der Waals surface area (Å²) < 4.78 is 10.1. The van der Waals surface area contributed by atoms with E-state index in [1.807, 2.05) is 4.68 Å². The van der Waals surface area contributed by atoms with Gasteiger partial charge in [0.2, 0.25) is 6.33 Å². The van der Waals surface area contributed by atoms with Gasteiger partial charge in [-0.2, -0.15) is 0 Å². The summed E-state index contributed by atoms with van der Waals surface area (Å²) in [6.07, 6.45) is 3.09. The number of hydrogen-bond acceptors (Lipinski definition) is 2. The molecule has 0 fully saturated rings. The lowest BCUT2D eigenvalue weighted by Gasteiger charge is -2.19. The predicted octanol–water partition coefficient (Wildman–Crippen LogP) is 3.40. The zero-order chi connectivity index (χ0) is 17.4. The van der Waals surface area contributed by atoms with Crippen molar-refractivity contribution in [1.82, 2.24) is 9.78 Å². The first kappa shape index (κ1) is 16.0. The van der Waals surface area contributed by atoms with Crippen LogP contribution >= 0.6 is 0 Å². The molecule has 0 saturated heterocycles. The summed E-state index contributed by atoms with van der Waals surface area (Å²) >= 11 is 0. The normalized spacial score (nSPS) is 16.7. The van der Waals surface area contributed by atoms with Gasteiger partial charge in [-0.25, -0.2) is 4.57 Å². The number of fused-ring (bicyclic) bond motifs is 1. The summed E-state index contributed by atoms with van der Waals surface area (Å²) in [6, 6.07) is 15.3. The van der Waals surface area contributed by atoms with Gasteiger partial charge in [0.15, 0.2) is 0 Å². The van der Waals surface area contributed by atoms with Crippen molar-refractivity contribution in [2.24, 2.45) is 0 Å². The van der Waals surface area contributed by atoms with E-state index in [0.717, 1.165) is 18.9 Å². The lowest BCUT2D eigenvalue weighted by atomic mass is 10.1. The van der Waals surface area contributed by atoms with Gasteiger partial charge in [-0.05, 0) is 37.5 Å². The van der Waals surface area contributed by atoms with Crippen molar-refractivity contribution in [3.05, 3.63) is 76.9 Å². The van der Waals surface area contributed by atoms with Crippen molar-refractivity contribution in [3.8, 4) is 5.69 Å². The van der Waals surface area contributed by atoms with Crippen LogP contribution in [-0.4, -0.2) is 16.4 Å². The number of aromatic nitrogens is 3. The second-order valence-corrected chi connectivity index (χ2v) is 6.99. The van der Waals surface area contributed by atoms with E-state index in [1.54, 1.807) is 0 Å². The Balaban J connectivity index is 1.71. The fraction of sp³-hybridized carbons (Fsp3) is 0.333. The monoisotopic (exact) mass is 334 g/mol. The minimum atomic E-state index is 0.283. The third kappa shape index (κ3) is 3.10. The number of aryl methyl sites for hydroxylation is 3. The van der Waals surface area contributed by atoms with Crippen LogP contribution in [0.5, 0.6) is 0 Å².